The summed E-state index contributed by atoms with van der Waals surface area (Å²) in [5.74, 6) is -1.33. The van der Waals surface area contributed by atoms with Crippen molar-refractivity contribution in [2.24, 2.45) is 0 Å². The van der Waals surface area contributed by atoms with Gasteiger partial charge in [0.2, 0.25) is 5.91 Å². The van der Waals surface area contributed by atoms with Gasteiger partial charge in [-0.1, -0.05) is 55.5 Å². The summed E-state index contributed by atoms with van der Waals surface area (Å²) in [5.41, 5.74) is 5.01. The first-order valence-corrected chi connectivity index (χ1v) is 12.3. The minimum absolute atomic E-state index is 0.0334. The molecule has 4 rings (SSSR count). The van der Waals surface area contributed by atoms with Crippen LogP contribution in [0.15, 0.2) is 48.5 Å². The number of carboxylic acids is 1. The fraction of sp³-hybridized carbons (Fsp3) is 0.308. The van der Waals surface area contributed by atoms with Crippen molar-refractivity contribution in [2.75, 3.05) is 6.61 Å². The van der Waals surface area contributed by atoms with Crippen molar-refractivity contribution in [1.82, 2.24) is 15.6 Å². The van der Waals surface area contributed by atoms with E-state index in [4.69, 9.17) is 9.84 Å². The van der Waals surface area contributed by atoms with Gasteiger partial charge in [-0.2, -0.15) is 0 Å². The smallest absolute Gasteiger partial charge is 0.407 e. The maximum atomic E-state index is 12.5. The first kappa shape index (κ1) is 24.4. The van der Waals surface area contributed by atoms with E-state index in [9.17, 15) is 14.4 Å². The number of hydrogen-bond acceptors (Lipinski definition) is 6. The molecule has 0 saturated heterocycles. The van der Waals surface area contributed by atoms with Crippen LogP contribution in [0.25, 0.3) is 11.1 Å². The van der Waals surface area contributed by atoms with E-state index in [1.165, 1.54) is 0 Å². The van der Waals surface area contributed by atoms with Crippen molar-refractivity contribution in [3.8, 4) is 11.1 Å². The highest BCUT2D eigenvalue weighted by atomic mass is 32.1. The van der Waals surface area contributed by atoms with Crippen LogP contribution in [0.1, 0.15) is 57.2 Å². The van der Waals surface area contributed by atoms with Gasteiger partial charge >= 0.3 is 12.1 Å². The lowest BCUT2D eigenvalue weighted by molar-refractivity contribution is -0.121. The van der Waals surface area contributed by atoms with Crippen LogP contribution in [0, 0.1) is 6.92 Å². The Labute approximate surface area is 207 Å². The minimum Gasteiger partial charge on any atom is -0.477 e. The van der Waals surface area contributed by atoms with Gasteiger partial charge in [0.15, 0.2) is 0 Å². The highest BCUT2D eigenvalue weighted by molar-refractivity contribution is 7.13. The number of nitrogens with zero attached hydrogens (tertiary/aromatic N) is 1. The number of aryl methyl sites for hydroxylation is 1. The number of fused-ring (bicyclic) bond motifs is 3. The van der Waals surface area contributed by atoms with E-state index in [1.807, 2.05) is 31.2 Å². The number of carboxylic acid groups (broad SMARTS) is 1. The number of alkyl carbamates (subject to hydrolysis) is 1. The zero-order valence-corrected chi connectivity index (χ0v) is 20.4. The van der Waals surface area contributed by atoms with Crippen LogP contribution in [-0.4, -0.2) is 40.7 Å². The SMILES string of the molecule is CC[C@H](CC(=O)NCc1nc(C)c(C(=O)O)s1)NC(=O)OCC1c2ccccc2-c2ccccc21. The predicted molar refractivity (Wildman–Crippen MR) is 133 cm³/mol. The van der Waals surface area contributed by atoms with Crippen molar-refractivity contribution in [1.29, 1.82) is 0 Å². The Bertz CT molecular complexity index is 1210. The van der Waals surface area contributed by atoms with Crippen LogP contribution >= 0.6 is 11.3 Å². The normalized spacial score (nSPS) is 13.0. The van der Waals surface area contributed by atoms with Crippen molar-refractivity contribution < 1.29 is 24.2 Å². The molecule has 0 fully saturated rings. The number of carbonyl (C=O) groups excluding carboxylic acids is 2. The monoisotopic (exact) mass is 493 g/mol. The molecule has 1 heterocycles. The lowest BCUT2D eigenvalue weighted by atomic mass is 9.98. The van der Waals surface area contributed by atoms with E-state index in [0.717, 1.165) is 33.6 Å². The van der Waals surface area contributed by atoms with Crippen LogP contribution in [-0.2, 0) is 16.1 Å². The average Bonchev–Trinajstić information content (AvgIpc) is 3.38. The molecular formula is C26H27N3O5S. The molecule has 35 heavy (non-hydrogen) atoms. The molecule has 0 saturated carbocycles. The van der Waals surface area contributed by atoms with Gasteiger partial charge in [0.25, 0.3) is 0 Å². The van der Waals surface area contributed by atoms with Gasteiger partial charge < -0.3 is 20.5 Å². The molecule has 0 spiro atoms. The maximum Gasteiger partial charge on any atom is 0.407 e. The summed E-state index contributed by atoms with van der Waals surface area (Å²) in [7, 11) is 0. The highest BCUT2D eigenvalue weighted by Crippen LogP contribution is 2.44. The number of thiazole rings is 1. The number of amides is 2. The average molecular weight is 494 g/mol. The third kappa shape index (κ3) is 5.51. The van der Waals surface area contributed by atoms with Crippen molar-refractivity contribution in [3.63, 3.8) is 0 Å². The molecule has 1 atom stereocenters. The van der Waals surface area contributed by atoms with E-state index < -0.39 is 18.1 Å². The molecule has 0 unspecified atom stereocenters. The Morgan fingerprint density at radius 1 is 1.09 bits per heavy atom. The Kier molecular flexibility index (Phi) is 7.45. The summed E-state index contributed by atoms with van der Waals surface area (Å²) >= 11 is 1.04. The van der Waals surface area contributed by atoms with Crippen molar-refractivity contribution in [2.45, 2.75) is 45.2 Å². The van der Waals surface area contributed by atoms with Gasteiger partial charge in [0.05, 0.1) is 12.2 Å². The lowest BCUT2D eigenvalue weighted by Gasteiger charge is -2.18. The van der Waals surface area contributed by atoms with E-state index in [1.54, 1.807) is 6.92 Å². The molecule has 0 bridgehead atoms. The van der Waals surface area contributed by atoms with E-state index >= 15 is 0 Å². The largest absolute Gasteiger partial charge is 0.477 e. The molecule has 3 aromatic rings. The summed E-state index contributed by atoms with van der Waals surface area (Å²) in [5, 5.41) is 15.2. The number of nitrogens with one attached hydrogen (secondary N) is 2. The number of rotatable bonds is 9. The highest BCUT2D eigenvalue weighted by Gasteiger charge is 2.29. The van der Waals surface area contributed by atoms with Crippen LogP contribution < -0.4 is 10.6 Å². The molecule has 0 aliphatic heterocycles. The number of aromatic nitrogens is 1. The molecule has 1 aromatic heterocycles. The molecule has 1 aliphatic rings. The number of carbonyl (C=O) groups is 3. The second-order valence-electron chi connectivity index (χ2n) is 8.38. The minimum atomic E-state index is -1.03. The summed E-state index contributed by atoms with van der Waals surface area (Å²) in [6.07, 6.45) is 0.0710. The second-order valence-corrected chi connectivity index (χ2v) is 9.47. The van der Waals surface area contributed by atoms with Gasteiger partial charge in [0.1, 0.15) is 16.5 Å². The standard InChI is InChI=1S/C26H27N3O5S/c1-3-16(12-22(30)27-13-23-28-15(2)24(35-23)25(31)32)29-26(33)34-14-21-19-10-6-4-8-17(19)18-9-5-7-11-20(18)21/h4-11,16,21H,3,12-14H2,1-2H3,(H,27,30)(H,29,33)(H,31,32)/t16-/m1/s1. The fourth-order valence-corrected chi connectivity index (χ4v) is 5.14. The van der Waals surface area contributed by atoms with Gasteiger partial charge in [-0.15, -0.1) is 11.3 Å². The summed E-state index contributed by atoms with van der Waals surface area (Å²) in [6, 6.07) is 15.9. The third-order valence-electron chi connectivity index (χ3n) is 6.06. The van der Waals surface area contributed by atoms with E-state index in [2.05, 4.69) is 39.9 Å². The lowest BCUT2D eigenvalue weighted by Crippen LogP contribution is -2.39. The summed E-state index contributed by atoms with van der Waals surface area (Å²) in [6.45, 7) is 3.85. The molecule has 0 radical (unpaired) electrons. The molecule has 2 aromatic carbocycles. The summed E-state index contributed by atoms with van der Waals surface area (Å²) < 4.78 is 5.58. The molecule has 3 N–H and O–H groups in total. The van der Waals surface area contributed by atoms with Gasteiger partial charge in [-0.05, 0) is 35.6 Å². The van der Waals surface area contributed by atoms with E-state index in [0.29, 0.717) is 17.1 Å². The van der Waals surface area contributed by atoms with E-state index in [-0.39, 0.29) is 36.3 Å². The Hall–Kier alpha value is -3.72. The molecule has 182 valence electrons. The van der Waals surface area contributed by atoms with Crippen molar-refractivity contribution >= 4 is 29.3 Å². The number of hydrogen-bond donors (Lipinski definition) is 3. The zero-order valence-electron chi connectivity index (χ0n) is 19.5. The predicted octanol–water partition coefficient (Wildman–Crippen LogP) is 4.47. The van der Waals surface area contributed by atoms with Gasteiger partial charge in [-0.25, -0.2) is 14.6 Å². The molecular weight excluding hydrogens is 466 g/mol. The molecule has 9 heteroatoms. The molecule has 2 amide bonds. The number of benzene rings is 2. The summed E-state index contributed by atoms with van der Waals surface area (Å²) in [4.78, 5) is 40.4. The van der Waals surface area contributed by atoms with Crippen LogP contribution in [0.5, 0.6) is 0 Å². The fourth-order valence-electron chi connectivity index (χ4n) is 4.30. The molecule has 8 nitrogen and oxygen atoms in total. The van der Waals surface area contributed by atoms with Crippen LogP contribution in [0.2, 0.25) is 0 Å². The number of ether oxygens (including phenoxy) is 1. The maximum absolute atomic E-state index is 12.5. The third-order valence-corrected chi connectivity index (χ3v) is 7.21. The van der Waals surface area contributed by atoms with Gasteiger partial charge in [0, 0.05) is 18.4 Å². The zero-order chi connectivity index (χ0) is 24.9. The molecule has 1 aliphatic carbocycles. The van der Waals surface area contributed by atoms with Crippen molar-refractivity contribution in [3.05, 3.63) is 75.2 Å². The van der Waals surface area contributed by atoms with Gasteiger partial charge in [-0.3, -0.25) is 4.79 Å². The first-order valence-electron chi connectivity index (χ1n) is 11.4. The Morgan fingerprint density at radius 3 is 2.29 bits per heavy atom. The van der Waals surface area contributed by atoms with Crippen LogP contribution in [0.3, 0.4) is 0 Å². The number of aromatic carboxylic acids is 1. The second kappa shape index (κ2) is 10.7. The Morgan fingerprint density at radius 2 is 1.71 bits per heavy atom. The first-order chi connectivity index (χ1) is 16.9. The quantitative estimate of drug-likeness (QED) is 0.405. The van der Waals surface area contributed by atoms with Crippen LogP contribution in [0.4, 0.5) is 4.79 Å². The Balaban J connectivity index is 1.28. The topological polar surface area (TPSA) is 118 Å².